The number of aliphatic hydroxyl groups is 2. The smallest absolute Gasteiger partial charge is 0.305 e. The van der Waals surface area contributed by atoms with E-state index in [0.29, 0.717) is 6.42 Å². The zero-order valence-corrected chi connectivity index (χ0v) is 10.2. The van der Waals surface area contributed by atoms with Crippen LogP contribution in [-0.4, -0.2) is 36.0 Å². The Balaban J connectivity index is 3.37. The second-order valence-corrected chi connectivity index (χ2v) is 4.08. The largest absolute Gasteiger partial charge is 0.465 e. The quantitative estimate of drug-likeness (QED) is 0.442. The van der Waals surface area contributed by atoms with Crippen molar-refractivity contribution in [2.75, 3.05) is 19.8 Å². The molecule has 16 heavy (non-hydrogen) atoms. The molecule has 4 nitrogen and oxygen atoms in total. The second kappa shape index (κ2) is 10.9. The van der Waals surface area contributed by atoms with Crippen LogP contribution < -0.4 is 0 Å². The minimum Gasteiger partial charge on any atom is -0.465 e. The number of ether oxygens (including phenoxy) is 1. The fourth-order valence-electron chi connectivity index (χ4n) is 1.32. The zero-order chi connectivity index (χ0) is 12.2. The molecule has 0 heterocycles. The summed E-state index contributed by atoms with van der Waals surface area (Å²) in [5, 5.41) is 17.5. The molecular formula is C12H24O4. The summed E-state index contributed by atoms with van der Waals surface area (Å²) in [7, 11) is 0. The molecule has 2 N–H and O–H groups in total. The molecule has 0 aliphatic heterocycles. The van der Waals surface area contributed by atoms with Gasteiger partial charge in [-0.3, -0.25) is 4.79 Å². The maximum atomic E-state index is 11.2. The predicted molar refractivity (Wildman–Crippen MR) is 62.0 cm³/mol. The van der Waals surface area contributed by atoms with Gasteiger partial charge in [0.15, 0.2) is 0 Å². The van der Waals surface area contributed by atoms with Gasteiger partial charge in [-0.1, -0.05) is 32.6 Å². The van der Waals surface area contributed by atoms with Crippen LogP contribution in [-0.2, 0) is 9.53 Å². The predicted octanol–water partition coefficient (Wildman–Crippen LogP) is 1.49. The normalized spacial score (nSPS) is 10.8. The Labute approximate surface area is 97.6 Å². The molecule has 0 spiro atoms. The van der Waals surface area contributed by atoms with Gasteiger partial charge >= 0.3 is 5.97 Å². The number of carbonyl (C=O) groups is 1. The summed E-state index contributed by atoms with van der Waals surface area (Å²) in [6.07, 6.45) is 5.94. The first-order valence-corrected chi connectivity index (χ1v) is 6.11. The Kier molecular flexibility index (Phi) is 10.5. The van der Waals surface area contributed by atoms with Gasteiger partial charge in [0.1, 0.15) is 0 Å². The SMILES string of the molecule is CCCCCCCC(=O)OCC(CO)CO. The average Bonchev–Trinajstić information content (AvgIpc) is 2.30. The molecule has 96 valence electrons. The van der Waals surface area contributed by atoms with Crippen molar-refractivity contribution in [1.82, 2.24) is 0 Å². The molecule has 4 heteroatoms. The molecular weight excluding hydrogens is 208 g/mol. The van der Waals surface area contributed by atoms with E-state index in [1.807, 2.05) is 0 Å². The van der Waals surface area contributed by atoms with E-state index < -0.39 is 0 Å². The molecule has 0 aromatic heterocycles. The third-order valence-electron chi connectivity index (χ3n) is 2.48. The van der Waals surface area contributed by atoms with Crippen molar-refractivity contribution in [2.45, 2.75) is 45.4 Å². The van der Waals surface area contributed by atoms with Crippen LogP contribution in [0.3, 0.4) is 0 Å². The zero-order valence-electron chi connectivity index (χ0n) is 10.2. The molecule has 0 aromatic carbocycles. The monoisotopic (exact) mass is 232 g/mol. The van der Waals surface area contributed by atoms with Crippen molar-refractivity contribution in [2.24, 2.45) is 5.92 Å². The lowest BCUT2D eigenvalue weighted by molar-refractivity contribution is -0.146. The Bertz CT molecular complexity index is 166. The third kappa shape index (κ3) is 8.68. The van der Waals surface area contributed by atoms with Crippen molar-refractivity contribution in [3.63, 3.8) is 0 Å². The van der Waals surface area contributed by atoms with Gasteiger partial charge in [0.2, 0.25) is 0 Å². The number of esters is 1. The fourth-order valence-corrected chi connectivity index (χ4v) is 1.32. The van der Waals surface area contributed by atoms with Gasteiger partial charge < -0.3 is 14.9 Å². The summed E-state index contributed by atoms with van der Waals surface area (Å²) in [4.78, 5) is 11.2. The van der Waals surface area contributed by atoms with E-state index in [2.05, 4.69) is 6.92 Å². The van der Waals surface area contributed by atoms with Crippen LogP contribution in [0, 0.1) is 5.92 Å². The molecule has 0 rings (SSSR count). The average molecular weight is 232 g/mol. The van der Waals surface area contributed by atoms with Gasteiger partial charge in [0, 0.05) is 12.3 Å². The van der Waals surface area contributed by atoms with Gasteiger partial charge in [-0.15, -0.1) is 0 Å². The maximum absolute atomic E-state index is 11.2. The highest BCUT2D eigenvalue weighted by Crippen LogP contribution is 2.06. The molecule has 0 fully saturated rings. The second-order valence-electron chi connectivity index (χ2n) is 4.08. The summed E-state index contributed by atoms with van der Waals surface area (Å²) in [5.74, 6) is -0.576. The highest BCUT2D eigenvalue weighted by Gasteiger charge is 2.09. The first-order valence-electron chi connectivity index (χ1n) is 6.11. The van der Waals surface area contributed by atoms with Crippen LogP contribution in [0.15, 0.2) is 0 Å². The van der Waals surface area contributed by atoms with Crippen LogP contribution in [0.25, 0.3) is 0 Å². The van der Waals surface area contributed by atoms with E-state index >= 15 is 0 Å². The Morgan fingerprint density at radius 3 is 2.31 bits per heavy atom. The lowest BCUT2D eigenvalue weighted by Gasteiger charge is -2.11. The summed E-state index contributed by atoms with van der Waals surface area (Å²) in [6, 6.07) is 0. The minimum absolute atomic E-state index is 0.112. The van der Waals surface area contributed by atoms with Crippen LogP contribution in [0.5, 0.6) is 0 Å². The number of hydrogen-bond acceptors (Lipinski definition) is 4. The Hall–Kier alpha value is -0.610. The number of rotatable bonds is 10. The maximum Gasteiger partial charge on any atom is 0.305 e. The van der Waals surface area contributed by atoms with E-state index in [9.17, 15) is 4.79 Å². The first-order chi connectivity index (χ1) is 7.74. The fraction of sp³-hybridized carbons (Fsp3) is 0.917. The van der Waals surface area contributed by atoms with Crippen molar-refractivity contribution in [1.29, 1.82) is 0 Å². The molecule has 0 aliphatic carbocycles. The third-order valence-corrected chi connectivity index (χ3v) is 2.48. The molecule has 0 bridgehead atoms. The molecule has 0 unspecified atom stereocenters. The van der Waals surface area contributed by atoms with E-state index in [1.54, 1.807) is 0 Å². The molecule has 0 amide bonds. The van der Waals surface area contributed by atoms with Crippen molar-refractivity contribution in [3.8, 4) is 0 Å². The van der Waals surface area contributed by atoms with Gasteiger partial charge in [0.25, 0.3) is 0 Å². The lowest BCUT2D eigenvalue weighted by atomic mass is 10.1. The summed E-state index contributed by atoms with van der Waals surface area (Å²) < 4.78 is 4.93. The van der Waals surface area contributed by atoms with Crippen LogP contribution in [0.4, 0.5) is 0 Å². The van der Waals surface area contributed by atoms with E-state index in [-0.39, 0.29) is 31.7 Å². The lowest BCUT2D eigenvalue weighted by Crippen LogP contribution is -2.20. The molecule has 0 aromatic rings. The number of carbonyl (C=O) groups excluding carboxylic acids is 1. The Morgan fingerprint density at radius 1 is 1.12 bits per heavy atom. The van der Waals surface area contributed by atoms with Gasteiger partial charge in [-0.05, 0) is 6.42 Å². The number of hydrogen-bond donors (Lipinski definition) is 2. The van der Waals surface area contributed by atoms with Gasteiger partial charge in [-0.25, -0.2) is 0 Å². The highest BCUT2D eigenvalue weighted by atomic mass is 16.5. The van der Waals surface area contributed by atoms with E-state index in [1.165, 1.54) is 19.3 Å². The Morgan fingerprint density at radius 2 is 1.75 bits per heavy atom. The van der Waals surface area contributed by atoms with Crippen molar-refractivity contribution >= 4 is 5.97 Å². The molecule has 0 aliphatic rings. The number of aliphatic hydroxyl groups excluding tert-OH is 2. The van der Waals surface area contributed by atoms with Crippen molar-refractivity contribution < 1.29 is 19.7 Å². The standard InChI is InChI=1S/C12H24O4/c1-2-3-4-5-6-7-12(15)16-10-11(8-13)9-14/h11,13-14H,2-10H2,1H3. The summed E-state index contributed by atoms with van der Waals surface area (Å²) >= 11 is 0. The molecule has 0 radical (unpaired) electrons. The van der Waals surface area contributed by atoms with Gasteiger partial charge in [0.05, 0.1) is 19.8 Å². The number of unbranched alkanes of at least 4 members (excludes halogenated alkanes) is 4. The summed E-state index contributed by atoms with van der Waals surface area (Å²) in [6.45, 7) is 1.96. The minimum atomic E-state index is -0.343. The van der Waals surface area contributed by atoms with E-state index in [0.717, 1.165) is 12.8 Å². The van der Waals surface area contributed by atoms with Gasteiger partial charge in [-0.2, -0.15) is 0 Å². The van der Waals surface area contributed by atoms with E-state index in [4.69, 9.17) is 14.9 Å². The van der Waals surface area contributed by atoms with Crippen LogP contribution in [0.1, 0.15) is 45.4 Å². The first kappa shape index (κ1) is 15.4. The molecule has 0 saturated carbocycles. The van der Waals surface area contributed by atoms with Crippen molar-refractivity contribution in [3.05, 3.63) is 0 Å². The topological polar surface area (TPSA) is 66.8 Å². The van der Waals surface area contributed by atoms with Crippen LogP contribution in [0.2, 0.25) is 0 Å². The van der Waals surface area contributed by atoms with Crippen LogP contribution >= 0.6 is 0 Å². The molecule has 0 atom stereocenters. The summed E-state index contributed by atoms with van der Waals surface area (Å²) in [5.41, 5.74) is 0. The highest BCUT2D eigenvalue weighted by molar-refractivity contribution is 5.69. The molecule has 0 saturated heterocycles.